The van der Waals surface area contributed by atoms with Crippen LogP contribution in [0, 0.1) is 0 Å². The summed E-state index contributed by atoms with van der Waals surface area (Å²) in [5.41, 5.74) is 2.83. The molecule has 0 aliphatic carbocycles. The summed E-state index contributed by atoms with van der Waals surface area (Å²) in [6.45, 7) is 1.78. The summed E-state index contributed by atoms with van der Waals surface area (Å²) in [5, 5.41) is 3.40. The van der Waals surface area contributed by atoms with Gasteiger partial charge in [0.2, 0.25) is 0 Å². The molecule has 1 aliphatic heterocycles. The third-order valence-corrected chi connectivity index (χ3v) is 7.24. The number of rotatable bonds is 5. The van der Waals surface area contributed by atoms with Crippen molar-refractivity contribution in [3.8, 4) is 5.75 Å². The van der Waals surface area contributed by atoms with Crippen LogP contribution in [0.15, 0.2) is 99.9 Å². The van der Waals surface area contributed by atoms with Crippen LogP contribution in [-0.2, 0) is 4.79 Å². The van der Waals surface area contributed by atoms with Crippen LogP contribution < -0.4 is 24.9 Å². The first-order chi connectivity index (χ1) is 17.5. The number of nitrogens with one attached hydrogen (secondary N) is 1. The number of halogens is 1. The summed E-state index contributed by atoms with van der Waals surface area (Å²) < 4.78 is 7.30. The van der Waals surface area contributed by atoms with Gasteiger partial charge in [0.1, 0.15) is 5.75 Å². The quantitative estimate of drug-likeness (QED) is 0.424. The van der Waals surface area contributed by atoms with E-state index in [0.717, 1.165) is 11.3 Å². The zero-order valence-corrected chi connectivity index (χ0v) is 21.1. The first-order valence-electron chi connectivity index (χ1n) is 11.2. The number of allylic oxidation sites excluding steroid dienone is 1. The molecule has 0 radical (unpaired) electrons. The fourth-order valence-electron chi connectivity index (χ4n) is 4.17. The van der Waals surface area contributed by atoms with Crippen LogP contribution in [0.4, 0.5) is 5.69 Å². The van der Waals surface area contributed by atoms with Gasteiger partial charge in [0.15, 0.2) is 4.80 Å². The summed E-state index contributed by atoms with van der Waals surface area (Å²) in [4.78, 5) is 32.5. The van der Waals surface area contributed by atoms with E-state index in [2.05, 4.69) is 10.3 Å². The summed E-state index contributed by atoms with van der Waals surface area (Å²) in [6, 6.07) is 23.1. The fraction of sp³-hybridized carbons (Fsp3) is 0.107. The van der Waals surface area contributed by atoms with Crippen molar-refractivity contribution in [2.24, 2.45) is 4.99 Å². The van der Waals surface area contributed by atoms with Crippen LogP contribution in [0.3, 0.4) is 0 Å². The lowest BCUT2D eigenvalue weighted by Gasteiger charge is -2.26. The number of methoxy groups -OCH3 is 1. The lowest BCUT2D eigenvalue weighted by atomic mass is 9.95. The molecule has 6 nitrogen and oxygen atoms in total. The van der Waals surface area contributed by atoms with E-state index < -0.39 is 6.04 Å². The number of nitrogens with zero attached hydrogens (tertiary/aromatic N) is 2. The molecule has 0 saturated carbocycles. The highest BCUT2D eigenvalue weighted by Crippen LogP contribution is 2.34. The molecule has 0 spiro atoms. The molecule has 1 atom stereocenters. The Balaban J connectivity index is 1.67. The maximum atomic E-state index is 13.7. The number of thiazole rings is 1. The third-order valence-electron chi connectivity index (χ3n) is 5.91. The van der Waals surface area contributed by atoms with E-state index in [1.807, 2.05) is 78.9 Å². The Morgan fingerprint density at radius 1 is 1.06 bits per heavy atom. The maximum Gasteiger partial charge on any atom is 0.271 e. The van der Waals surface area contributed by atoms with Gasteiger partial charge in [-0.05, 0) is 54.5 Å². The van der Waals surface area contributed by atoms with Crippen molar-refractivity contribution in [2.75, 3.05) is 12.4 Å². The standard InChI is InChI=1S/C28H22ClN3O3S/c1-17-24(26(33)31-19-8-4-3-5-9-19)25(21-10-6-7-11-22(21)29)32-27(34)23(36-28(32)30-17)16-18-12-14-20(35-2)15-13-18/h3-16,25H,1-2H3,(H,31,33). The molecule has 8 heteroatoms. The van der Waals surface area contributed by atoms with E-state index in [-0.39, 0.29) is 11.5 Å². The zero-order valence-electron chi connectivity index (χ0n) is 19.6. The van der Waals surface area contributed by atoms with Crippen molar-refractivity contribution in [1.82, 2.24) is 4.57 Å². The molecule has 1 aliphatic rings. The molecule has 0 fully saturated rings. The molecule has 1 N–H and O–H groups in total. The van der Waals surface area contributed by atoms with Crippen LogP contribution in [0.1, 0.15) is 24.1 Å². The second-order valence-corrected chi connectivity index (χ2v) is 9.61. The molecule has 2 heterocycles. The van der Waals surface area contributed by atoms with Crippen LogP contribution in [0.2, 0.25) is 5.02 Å². The Morgan fingerprint density at radius 2 is 1.75 bits per heavy atom. The van der Waals surface area contributed by atoms with Crippen molar-refractivity contribution < 1.29 is 9.53 Å². The Kier molecular flexibility index (Phi) is 6.59. The minimum absolute atomic E-state index is 0.239. The molecule has 5 rings (SSSR count). The first kappa shape index (κ1) is 23.8. The van der Waals surface area contributed by atoms with Crippen molar-refractivity contribution >= 4 is 40.6 Å². The van der Waals surface area contributed by atoms with Gasteiger partial charge in [-0.25, -0.2) is 4.99 Å². The average molecular weight is 516 g/mol. The SMILES string of the molecule is COc1ccc(C=c2sc3n(c2=O)C(c2ccccc2Cl)C(C(=O)Nc2ccccc2)=C(C)N=3)cc1. The molecule has 1 amide bonds. The van der Waals surface area contributed by atoms with Gasteiger partial charge in [0.05, 0.1) is 29.0 Å². The van der Waals surface area contributed by atoms with Crippen molar-refractivity contribution in [1.29, 1.82) is 0 Å². The minimum Gasteiger partial charge on any atom is -0.497 e. The largest absolute Gasteiger partial charge is 0.497 e. The van der Waals surface area contributed by atoms with Crippen LogP contribution >= 0.6 is 22.9 Å². The molecule has 0 bridgehead atoms. The summed E-state index contributed by atoms with van der Waals surface area (Å²) in [6.07, 6.45) is 1.82. The molecule has 0 saturated heterocycles. The molecule has 4 aromatic rings. The number of ether oxygens (including phenoxy) is 1. The second kappa shape index (κ2) is 9.97. The van der Waals surface area contributed by atoms with Crippen molar-refractivity contribution in [2.45, 2.75) is 13.0 Å². The normalized spacial score (nSPS) is 15.3. The Bertz CT molecular complexity index is 1650. The van der Waals surface area contributed by atoms with E-state index in [1.165, 1.54) is 11.3 Å². The molecule has 180 valence electrons. The number of para-hydroxylation sites is 1. The minimum atomic E-state index is -0.725. The van der Waals surface area contributed by atoms with Gasteiger partial charge < -0.3 is 10.1 Å². The lowest BCUT2D eigenvalue weighted by molar-refractivity contribution is -0.113. The zero-order chi connectivity index (χ0) is 25.2. The lowest BCUT2D eigenvalue weighted by Crippen LogP contribution is -2.40. The van der Waals surface area contributed by atoms with Gasteiger partial charge in [-0.3, -0.25) is 14.2 Å². The Morgan fingerprint density at radius 3 is 2.44 bits per heavy atom. The Hall–Kier alpha value is -3.94. The molecular weight excluding hydrogens is 494 g/mol. The highest BCUT2D eigenvalue weighted by molar-refractivity contribution is 7.07. The van der Waals surface area contributed by atoms with E-state index in [4.69, 9.17) is 16.3 Å². The van der Waals surface area contributed by atoms with Crippen LogP contribution in [0.25, 0.3) is 6.08 Å². The predicted molar refractivity (Wildman–Crippen MR) is 143 cm³/mol. The number of hydrogen-bond donors (Lipinski definition) is 1. The number of benzene rings is 3. The number of aromatic nitrogens is 1. The molecular formula is C28H22ClN3O3S. The van der Waals surface area contributed by atoms with E-state index in [9.17, 15) is 9.59 Å². The molecule has 3 aromatic carbocycles. The molecule has 1 unspecified atom stereocenters. The van der Waals surface area contributed by atoms with Gasteiger partial charge in [-0.2, -0.15) is 0 Å². The smallest absolute Gasteiger partial charge is 0.271 e. The maximum absolute atomic E-state index is 13.7. The van der Waals surface area contributed by atoms with Gasteiger partial charge in [0.25, 0.3) is 11.5 Å². The number of amides is 1. The van der Waals surface area contributed by atoms with Crippen LogP contribution in [0.5, 0.6) is 5.75 Å². The summed E-state index contributed by atoms with van der Waals surface area (Å²) >= 11 is 7.88. The molecule has 36 heavy (non-hydrogen) atoms. The summed E-state index contributed by atoms with van der Waals surface area (Å²) in [7, 11) is 1.61. The highest BCUT2D eigenvalue weighted by atomic mass is 35.5. The second-order valence-electron chi connectivity index (χ2n) is 8.20. The van der Waals surface area contributed by atoms with Gasteiger partial charge >= 0.3 is 0 Å². The number of hydrogen-bond acceptors (Lipinski definition) is 5. The Labute approximate surface area is 216 Å². The monoisotopic (exact) mass is 515 g/mol. The summed E-state index contributed by atoms with van der Waals surface area (Å²) in [5.74, 6) is 0.397. The van der Waals surface area contributed by atoms with Gasteiger partial charge in [0, 0.05) is 10.7 Å². The van der Waals surface area contributed by atoms with E-state index in [1.54, 1.807) is 24.7 Å². The predicted octanol–water partition coefficient (Wildman–Crippen LogP) is 4.54. The molecule has 1 aromatic heterocycles. The van der Waals surface area contributed by atoms with Crippen molar-refractivity contribution in [3.63, 3.8) is 0 Å². The van der Waals surface area contributed by atoms with E-state index >= 15 is 0 Å². The fourth-order valence-corrected chi connectivity index (χ4v) is 5.46. The average Bonchev–Trinajstić information content (AvgIpc) is 3.18. The number of fused-ring (bicyclic) bond motifs is 1. The highest BCUT2D eigenvalue weighted by Gasteiger charge is 2.33. The third kappa shape index (κ3) is 4.51. The van der Waals surface area contributed by atoms with Crippen molar-refractivity contribution in [3.05, 3.63) is 126 Å². The van der Waals surface area contributed by atoms with Gasteiger partial charge in [-0.1, -0.05) is 71.5 Å². The number of carbonyl (C=O) groups is 1. The first-order valence-corrected chi connectivity index (χ1v) is 12.4. The number of carbonyl (C=O) groups excluding carboxylic acids is 1. The van der Waals surface area contributed by atoms with Crippen LogP contribution in [-0.4, -0.2) is 17.6 Å². The van der Waals surface area contributed by atoms with Gasteiger partial charge in [-0.15, -0.1) is 0 Å². The van der Waals surface area contributed by atoms with E-state index in [0.29, 0.717) is 36.9 Å². The topological polar surface area (TPSA) is 72.7 Å². The number of anilines is 1.